The molecule has 1 heterocycles. The van der Waals surface area contributed by atoms with E-state index in [1.807, 2.05) is 18.2 Å². The van der Waals surface area contributed by atoms with E-state index < -0.39 is 0 Å². The van der Waals surface area contributed by atoms with Crippen LogP contribution >= 0.6 is 23.7 Å². The van der Waals surface area contributed by atoms with Crippen LogP contribution in [0.15, 0.2) is 53.9 Å². The minimum Gasteiger partial charge on any atom is -0.493 e. The highest BCUT2D eigenvalue weighted by atomic mass is 35.5. The third-order valence-electron chi connectivity index (χ3n) is 5.34. The van der Waals surface area contributed by atoms with Crippen molar-refractivity contribution in [3.8, 4) is 11.5 Å². The molecule has 0 aliphatic carbocycles. The highest BCUT2D eigenvalue weighted by Crippen LogP contribution is 2.30. The van der Waals surface area contributed by atoms with Gasteiger partial charge in [-0.1, -0.05) is 30.3 Å². The zero-order valence-electron chi connectivity index (χ0n) is 20.4. The second-order valence-corrected chi connectivity index (χ2v) is 9.33. The minimum absolute atomic E-state index is 0. The Morgan fingerprint density at radius 2 is 1.76 bits per heavy atom. The predicted octanol–water partition coefficient (Wildman–Crippen LogP) is 5.91. The number of hydrogen-bond acceptors (Lipinski definition) is 6. The number of anilines is 1. The van der Waals surface area contributed by atoms with E-state index in [-0.39, 0.29) is 18.3 Å². The van der Waals surface area contributed by atoms with Crippen LogP contribution in [-0.2, 0) is 6.42 Å². The average molecular weight is 504 g/mol. The fraction of sp³-hybridized carbons (Fsp3) is 0.385. The van der Waals surface area contributed by atoms with Crippen molar-refractivity contribution >= 4 is 35.3 Å². The molecule has 0 aliphatic rings. The van der Waals surface area contributed by atoms with Crippen molar-refractivity contribution in [3.05, 3.63) is 70.2 Å². The first-order valence-electron chi connectivity index (χ1n) is 11.2. The molecule has 1 amide bonds. The zero-order chi connectivity index (χ0) is 23.8. The van der Waals surface area contributed by atoms with Crippen molar-refractivity contribution in [2.75, 3.05) is 25.6 Å². The summed E-state index contributed by atoms with van der Waals surface area (Å²) in [5.74, 6) is 0.991. The first-order chi connectivity index (χ1) is 15.9. The number of hydrogen-bond donors (Lipinski definition) is 1. The standard InChI is InChI=1S/C26H33N3O3S.ClH/c1-18(2)29(19(3)4)13-14-32-24-16-21(11-12-23(24)31-5)27-26(30)22-17-33-25(28-22)15-20-9-7-6-8-10-20;/h6-12,16-19H,13-15H2,1-5H3,(H,27,30);1H. The van der Waals surface area contributed by atoms with Crippen LogP contribution in [0, 0.1) is 0 Å². The predicted molar refractivity (Wildman–Crippen MR) is 142 cm³/mol. The summed E-state index contributed by atoms with van der Waals surface area (Å²) in [7, 11) is 1.61. The van der Waals surface area contributed by atoms with Gasteiger partial charge in [0.15, 0.2) is 11.5 Å². The molecule has 0 fully saturated rings. The Kier molecular flexibility index (Phi) is 10.8. The number of nitrogens with zero attached hydrogens (tertiary/aromatic N) is 2. The molecule has 0 radical (unpaired) electrons. The van der Waals surface area contributed by atoms with Gasteiger partial charge in [-0.25, -0.2) is 4.98 Å². The van der Waals surface area contributed by atoms with Crippen molar-refractivity contribution in [1.29, 1.82) is 0 Å². The van der Waals surface area contributed by atoms with Gasteiger partial charge >= 0.3 is 0 Å². The Hall–Kier alpha value is -2.61. The first kappa shape index (κ1) is 27.6. The molecule has 184 valence electrons. The van der Waals surface area contributed by atoms with E-state index in [1.165, 1.54) is 16.9 Å². The third kappa shape index (κ3) is 7.72. The van der Waals surface area contributed by atoms with Gasteiger partial charge in [-0.2, -0.15) is 0 Å². The largest absolute Gasteiger partial charge is 0.493 e. The fourth-order valence-corrected chi connectivity index (χ4v) is 4.51. The summed E-state index contributed by atoms with van der Waals surface area (Å²) >= 11 is 1.49. The van der Waals surface area contributed by atoms with Crippen molar-refractivity contribution in [2.24, 2.45) is 0 Å². The quantitative estimate of drug-likeness (QED) is 0.352. The monoisotopic (exact) mass is 503 g/mol. The number of benzene rings is 2. The number of amides is 1. The summed E-state index contributed by atoms with van der Waals surface area (Å²) in [4.78, 5) is 19.6. The molecule has 2 aromatic carbocycles. The fourth-order valence-electron chi connectivity index (χ4n) is 3.70. The number of carbonyl (C=O) groups is 1. The van der Waals surface area contributed by atoms with Crippen LogP contribution < -0.4 is 14.8 Å². The lowest BCUT2D eigenvalue weighted by Crippen LogP contribution is -2.39. The van der Waals surface area contributed by atoms with Crippen LogP contribution in [0.25, 0.3) is 0 Å². The van der Waals surface area contributed by atoms with E-state index in [2.05, 4.69) is 55.0 Å². The number of nitrogens with one attached hydrogen (secondary N) is 1. The van der Waals surface area contributed by atoms with Gasteiger partial charge in [0, 0.05) is 42.2 Å². The topological polar surface area (TPSA) is 63.7 Å². The van der Waals surface area contributed by atoms with Gasteiger partial charge in [-0.05, 0) is 45.4 Å². The number of carbonyl (C=O) groups excluding carboxylic acids is 1. The molecule has 0 saturated heterocycles. The van der Waals surface area contributed by atoms with Gasteiger partial charge in [-0.3, -0.25) is 9.69 Å². The van der Waals surface area contributed by atoms with Crippen molar-refractivity contribution in [3.63, 3.8) is 0 Å². The highest BCUT2D eigenvalue weighted by molar-refractivity contribution is 7.09. The van der Waals surface area contributed by atoms with Crippen molar-refractivity contribution in [2.45, 2.75) is 46.2 Å². The van der Waals surface area contributed by atoms with Gasteiger partial charge < -0.3 is 14.8 Å². The smallest absolute Gasteiger partial charge is 0.275 e. The lowest BCUT2D eigenvalue weighted by Gasteiger charge is -2.30. The van der Waals surface area contributed by atoms with E-state index >= 15 is 0 Å². The molecule has 0 unspecified atom stereocenters. The van der Waals surface area contributed by atoms with Gasteiger partial charge in [0.05, 0.1) is 12.1 Å². The molecule has 0 saturated carbocycles. The van der Waals surface area contributed by atoms with Crippen LogP contribution in [0.3, 0.4) is 0 Å². The van der Waals surface area contributed by atoms with E-state index in [0.29, 0.717) is 48.0 Å². The molecular weight excluding hydrogens is 470 g/mol. The number of thiazole rings is 1. The van der Waals surface area contributed by atoms with Gasteiger partial charge in [0.25, 0.3) is 5.91 Å². The van der Waals surface area contributed by atoms with Gasteiger partial charge in [-0.15, -0.1) is 23.7 Å². The Labute approximate surface area is 212 Å². The van der Waals surface area contributed by atoms with Gasteiger partial charge in [0.1, 0.15) is 12.3 Å². The van der Waals surface area contributed by atoms with Gasteiger partial charge in [0.2, 0.25) is 0 Å². The summed E-state index contributed by atoms with van der Waals surface area (Å²) < 4.78 is 11.5. The summed E-state index contributed by atoms with van der Waals surface area (Å²) in [6.07, 6.45) is 0.711. The van der Waals surface area contributed by atoms with E-state index in [4.69, 9.17) is 9.47 Å². The number of ether oxygens (including phenoxy) is 2. The lowest BCUT2D eigenvalue weighted by molar-refractivity contribution is 0.102. The molecule has 3 aromatic rings. The molecule has 1 N–H and O–H groups in total. The van der Waals surface area contributed by atoms with E-state index in [0.717, 1.165) is 11.6 Å². The first-order valence-corrected chi connectivity index (χ1v) is 12.1. The Bertz CT molecular complexity index is 1030. The molecule has 0 atom stereocenters. The molecule has 1 aromatic heterocycles. The maximum Gasteiger partial charge on any atom is 0.275 e. The number of rotatable bonds is 11. The summed E-state index contributed by atoms with van der Waals surface area (Å²) in [5.41, 5.74) is 2.22. The normalized spacial score (nSPS) is 10.9. The van der Waals surface area contributed by atoms with Crippen LogP contribution in [0.4, 0.5) is 5.69 Å². The Morgan fingerprint density at radius 1 is 1.06 bits per heavy atom. The summed E-state index contributed by atoms with van der Waals surface area (Å²) in [5, 5.41) is 5.62. The number of halogens is 1. The van der Waals surface area contributed by atoms with Crippen LogP contribution in [0.1, 0.15) is 48.8 Å². The number of aromatic nitrogens is 1. The molecule has 8 heteroatoms. The SMILES string of the molecule is COc1ccc(NC(=O)c2csc(Cc3ccccc3)n2)cc1OCCN(C(C)C)C(C)C.Cl. The molecule has 0 spiro atoms. The lowest BCUT2D eigenvalue weighted by atomic mass is 10.2. The summed E-state index contributed by atoms with van der Waals surface area (Å²) in [6, 6.07) is 16.4. The molecule has 0 bridgehead atoms. The number of methoxy groups -OCH3 is 1. The van der Waals surface area contributed by atoms with E-state index in [9.17, 15) is 4.79 Å². The van der Waals surface area contributed by atoms with Crippen LogP contribution in [-0.4, -0.2) is 48.1 Å². The molecule has 6 nitrogen and oxygen atoms in total. The van der Waals surface area contributed by atoms with E-state index in [1.54, 1.807) is 30.7 Å². The maximum atomic E-state index is 12.8. The maximum absolute atomic E-state index is 12.8. The average Bonchev–Trinajstić information content (AvgIpc) is 3.25. The Balaban J connectivity index is 0.00000408. The summed E-state index contributed by atoms with van der Waals surface area (Å²) in [6.45, 7) is 10.1. The second-order valence-electron chi connectivity index (χ2n) is 8.38. The van der Waals surface area contributed by atoms with Crippen LogP contribution in [0.2, 0.25) is 0 Å². The molecular formula is C26H34ClN3O3S. The highest BCUT2D eigenvalue weighted by Gasteiger charge is 2.15. The molecule has 3 rings (SSSR count). The third-order valence-corrected chi connectivity index (χ3v) is 6.19. The van der Waals surface area contributed by atoms with Crippen LogP contribution in [0.5, 0.6) is 11.5 Å². The van der Waals surface area contributed by atoms with Crippen molar-refractivity contribution in [1.82, 2.24) is 9.88 Å². The molecule has 34 heavy (non-hydrogen) atoms. The minimum atomic E-state index is -0.243. The second kappa shape index (κ2) is 13.3. The zero-order valence-corrected chi connectivity index (χ0v) is 22.0. The van der Waals surface area contributed by atoms with Crippen molar-refractivity contribution < 1.29 is 14.3 Å². The molecule has 0 aliphatic heterocycles. The Morgan fingerprint density at radius 3 is 2.41 bits per heavy atom.